The molecule has 0 saturated carbocycles. The molecule has 62 valence electrons. The van der Waals surface area contributed by atoms with Crippen LogP contribution in [0.3, 0.4) is 0 Å². The van der Waals surface area contributed by atoms with Crippen LogP contribution >= 0.6 is 11.8 Å². The minimum Gasteiger partial charge on any atom is -0.130 e. The zero-order chi connectivity index (χ0) is 8.10. The summed E-state index contributed by atoms with van der Waals surface area (Å²) in [5.74, 6) is 0. The van der Waals surface area contributed by atoms with Gasteiger partial charge < -0.3 is 0 Å². The summed E-state index contributed by atoms with van der Waals surface area (Å²) in [6, 6.07) is 2.87. The lowest BCUT2D eigenvalue weighted by Crippen LogP contribution is -2.24. The van der Waals surface area contributed by atoms with Gasteiger partial charge in [-0.3, -0.25) is 0 Å². The van der Waals surface area contributed by atoms with E-state index >= 15 is 0 Å². The molecule has 0 aromatic carbocycles. The van der Waals surface area contributed by atoms with Crippen molar-refractivity contribution in [1.29, 1.82) is 0 Å². The highest BCUT2D eigenvalue weighted by Gasteiger charge is 2.17. The number of hydrogen-bond donors (Lipinski definition) is 0. The predicted molar refractivity (Wildman–Crippen MR) is 57.8 cm³/mol. The van der Waals surface area contributed by atoms with E-state index < -0.39 is 8.80 Å². The van der Waals surface area contributed by atoms with Crippen LogP contribution in [0.2, 0.25) is 12.1 Å². The first-order valence-corrected chi connectivity index (χ1v) is 7.61. The largest absolute Gasteiger partial charge is 0.130 e. The molecule has 0 spiro atoms. The van der Waals surface area contributed by atoms with Crippen molar-refractivity contribution in [1.82, 2.24) is 0 Å². The maximum atomic E-state index is 2.38. The molecule has 1 aliphatic heterocycles. The van der Waals surface area contributed by atoms with Crippen molar-refractivity contribution in [3.8, 4) is 0 Å². The summed E-state index contributed by atoms with van der Waals surface area (Å²) in [4.78, 5) is 0.870. The average molecular weight is 184 g/mol. The molecule has 0 fully saturated rings. The van der Waals surface area contributed by atoms with Gasteiger partial charge in [0.05, 0.1) is 8.80 Å². The molecule has 0 aromatic heterocycles. The Bertz CT molecular complexity index is 159. The molecule has 0 amide bonds. The van der Waals surface area contributed by atoms with Crippen LogP contribution in [0.15, 0.2) is 23.6 Å². The summed E-state index contributed by atoms with van der Waals surface area (Å²) in [6.07, 6.45) is 6.72. The molecule has 11 heavy (non-hydrogen) atoms. The molecule has 0 radical (unpaired) electrons. The molecule has 1 aliphatic rings. The fraction of sp³-hybridized carbons (Fsp3) is 0.556. The number of rotatable bonds is 3. The van der Waals surface area contributed by atoms with Crippen LogP contribution in [0.5, 0.6) is 0 Å². The molecule has 0 nitrogen and oxygen atoms in total. The normalized spacial score (nSPS) is 23.0. The minimum absolute atomic E-state index is 0.449. The number of hydrogen-bond acceptors (Lipinski definition) is 1. The van der Waals surface area contributed by atoms with Gasteiger partial charge in [0.15, 0.2) is 0 Å². The molecule has 1 heterocycles. The Labute approximate surface area is 75.4 Å². The SMILES string of the molecule is CC[SiH](CC)C1C=CC=CS1. The van der Waals surface area contributed by atoms with Gasteiger partial charge in [-0.05, 0) is 5.41 Å². The van der Waals surface area contributed by atoms with Crippen molar-refractivity contribution in [3.63, 3.8) is 0 Å². The Balaban J connectivity index is 2.45. The summed E-state index contributed by atoms with van der Waals surface area (Å²) in [7, 11) is -0.449. The van der Waals surface area contributed by atoms with Gasteiger partial charge in [-0.1, -0.05) is 44.2 Å². The molecule has 1 rings (SSSR count). The van der Waals surface area contributed by atoms with Gasteiger partial charge >= 0.3 is 0 Å². The Hall–Kier alpha value is 0.0469. The minimum atomic E-state index is -0.449. The second-order valence-corrected chi connectivity index (χ2v) is 8.33. The maximum Gasteiger partial charge on any atom is 0.0565 e. The summed E-state index contributed by atoms with van der Waals surface area (Å²) in [6.45, 7) is 4.68. The Morgan fingerprint density at radius 2 is 2.00 bits per heavy atom. The smallest absolute Gasteiger partial charge is 0.0565 e. The first-order valence-electron chi connectivity index (χ1n) is 4.37. The van der Waals surface area contributed by atoms with E-state index in [9.17, 15) is 0 Å². The van der Waals surface area contributed by atoms with Crippen LogP contribution < -0.4 is 0 Å². The van der Waals surface area contributed by atoms with Crippen LogP contribution in [0.1, 0.15) is 13.8 Å². The number of thioether (sulfide) groups is 1. The first-order chi connectivity index (χ1) is 5.38. The van der Waals surface area contributed by atoms with Gasteiger partial charge in [-0.2, -0.15) is 0 Å². The highest BCUT2D eigenvalue weighted by atomic mass is 32.2. The van der Waals surface area contributed by atoms with Gasteiger partial charge in [0, 0.05) is 4.87 Å². The molecule has 2 heteroatoms. The van der Waals surface area contributed by atoms with E-state index in [1.807, 2.05) is 11.8 Å². The Morgan fingerprint density at radius 1 is 1.27 bits per heavy atom. The van der Waals surface area contributed by atoms with E-state index in [-0.39, 0.29) is 0 Å². The summed E-state index contributed by atoms with van der Waals surface area (Å²) in [5, 5.41) is 2.23. The third-order valence-corrected chi connectivity index (χ3v) is 7.90. The van der Waals surface area contributed by atoms with E-state index in [0.717, 1.165) is 4.87 Å². The lowest BCUT2D eigenvalue weighted by atomic mass is 10.5. The first kappa shape index (κ1) is 9.14. The maximum absolute atomic E-state index is 2.38. The van der Waals surface area contributed by atoms with E-state index in [0.29, 0.717) is 0 Å². The van der Waals surface area contributed by atoms with E-state index in [4.69, 9.17) is 0 Å². The summed E-state index contributed by atoms with van der Waals surface area (Å²) >= 11 is 2.01. The molecule has 0 aliphatic carbocycles. The van der Waals surface area contributed by atoms with Crippen LogP contribution in [-0.4, -0.2) is 13.7 Å². The quantitative estimate of drug-likeness (QED) is 0.608. The molecule has 0 saturated heterocycles. The summed E-state index contributed by atoms with van der Waals surface area (Å²) in [5.41, 5.74) is 0. The lowest BCUT2D eigenvalue weighted by molar-refractivity contribution is 1.26. The average Bonchev–Trinajstić information content (AvgIpc) is 2.09. The standard InChI is InChI=1S/C9H16SSi/c1-3-11(4-2)9-7-5-6-8-10-9/h5-9,11H,3-4H2,1-2H3. The Kier molecular flexibility index (Phi) is 4.01. The highest BCUT2D eigenvalue weighted by Crippen LogP contribution is 2.23. The zero-order valence-corrected chi connectivity index (χ0v) is 9.26. The van der Waals surface area contributed by atoms with E-state index in [1.165, 1.54) is 12.1 Å². The molecule has 0 aromatic rings. The molecule has 1 unspecified atom stereocenters. The van der Waals surface area contributed by atoms with Crippen molar-refractivity contribution in [3.05, 3.63) is 23.6 Å². The molecule has 0 bridgehead atoms. The predicted octanol–water partition coefficient (Wildman–Crippen LogP) is 2.98. The van der Waals surface area contributed by atoms with E-state index in [2.05, 4.69) is 37.5 Å². The molecular weight excluding hydrogens is 168 g/mol. The lowest BCUT2D eigenvalue weighted by Gasteiger charge is -2.19. The van der Waals surface area contributed by atoms with Crippen molar-refractivity contribution in [2.75, 3.05) is 0 Å². The van der Waals surface area contributed by atoms with Crippen LogP contribution in [-0.2, 0) is 0 Å². The van der Waals surface area contributed by atoms with Gasteiger partial charge in [0.1, 0.15) is 0 Å². The summed E-state index contributed by atoms with van der Waals surface area (Å²) < 4.78 is 0. The fourth-order valence-corrected chi connectivity index (χ4v) is 6.23. The van der Waals surface area contributed by atoms with Crippen LogP contribution in [0, 0.1) is 0 Å². The van der Waals surface area contributed by atoms with Gasteiger partial charge in [-0.15, -0.1) is 11.8 Å². The second kappa shape index (κ2) is 4.83. The van der Waals surface area contributed by atoms with Crippen molar-refractivity contribution in [2.45, 2.75) is 30.8 Å². The monoisotopic (exact) mass is 184 g/mol. The third-order valence-electron chi connectivity index (χ3n) is 2.24. The van der Waals surface area contributed by atoms with Crippen molar-refractivity contribution >= 4 is 20.6 Å². The zero-order valence-electron chi connectivity index (χ0n) is 7.29. The van der Waals surface area contributed by atoms with Crippen LogP contribution in [0.4, 0.5) is 0 Å². The second-order valence-electron chi connectivity index (χ2n) is 2.89. The van der Waals surface area contributed by atoms with Gasteiger partial charge in [-0.25, -0.2) is 0 Å². The number of allylic oxidation sites excluding steroid dienone is 2. The van der Waals surface area contributed by atoms with Crippen molar-refractivity contribution in [2.24, 2.45) is 0 Å². The fourth-order valence-electron chi connectivity index (χ4n) is 1.42. The van der Waals surface area contributed by atoms with Crippen molar-refractivity contribution < 1.29 is 0 Å². The molecular formula is C9H16SSi. The molecule has 1 atom stereocenters. The Morgan fingerprint density at radius 3 is 2.45 bits per heavy atom. The third kappa shape index (κ3) is 2.53. The molecule has 0 N–H and O–H groups in total. The topological polar surface area (TPSA) is 0 Å². The van der Waals surface area contributed by atoms with Gasteiger partial charge in [0.25, 0.3) is 0 Å². The van der Waals surface area contributed by atoms with Crippen LogP contribution in [0.25, 0.3) is 0 Å². The van der Waals surface area contributed by atoms with Gasteiger partial charge in [0.2, 0.25) is 0 Å². The highest BCUT2D eigenvalue weighted by molar-refractivity contribution is 8.04. The van der Waals surface area contributed by atoms with E-state index in [1.54, 1.807) is 0 Å².